The number of nitrogens with one attached hydrogen (secondary N) is 1. The summed E-state index contributed by atoms with van der Waals surface area (Å²) in [6.07, 6.45) is 2.96. The van der Waals surface area contributed by atoms with E-state index in [1.54, 1.807) is 12.1 Å². The van der Waals surface area contributed by atoms with Crippen molar-refractivity contribution in [2.45, 2.75) is 19.0 Å². The third-order valence-electron chi connectivity index (χ3n) is 5.67. The van der Waals surface area contributed by atoms with Gasteiger partial charge in [0.15, 0.2) is 0 Å². The number of carbonyl (C=O) groups excluding carboxylic acids is 1. The largest absolute Gasteiger partial charge is 0.488 e. The number of ether oxygens (including phenoxy) is 1. The normalized spacial score (nSPS) is 18.6. The van der Waals surface area contributed by atoms with Gasteiger partial charge in [-0.15, -0.1) is 0 Å². The maximum atomic E-state index is 13.4. The van der Waals surface area contributed by atoms with E-state index < -0.39 is 0 Å². The molecule has 1 N–H and O–H groups in total. The van der Waals surface area contributed by atoms with E-state index in [-0.39, 0.29) is 18.3 Å². The average Bonchev–Trinajstić information content (AvgIpc) is 3.24. The lowest BCUT2D eigenvalue weighted by molar-refractivity contribution is -0.924. The van der Waals surface area contributed by atoms with Gasteiger partial charge in [0.1, 0.15) is 24.7 Å². The second-order valence-electron chi connectivity index (χ2n) is 8.25. The Kier molecular flexibility index (Phi) is 5.65. The van der Waals surface area contributed by atoms with Gasteiger partial charge in [0.05, 0.1) is 25.7 Å². The molecule has 4 rings (SSSR count). The summed E-state index contributed by atoms with van der Waals surface area (Å²) in [6, 6.07) is 13.0. The summed E-state index contributed by atoms with van der Waals surface area (Å²) in [5, 5.41) is 2.91. The summed E-state index contributed by atoms with van der Waals surface area (Å²) in [5.41, 5.74) is 3.06. The predicted molar refractivity (Wildman–Crippen MR) is 116 cm³/mol. The van der Waals surface area contributed by atoms with E-state index in [0.29, 0.717) is 22.9 Å². The fourth-order valence-corrected chi connectivity index (χ4v) is 5.31. The zero-order valence-electron chi connectivity index (χ0n) is 16.8. The van der Waals surface area contributed by atoms with Crippen molar-refractivity contribution in [1.29, 1.82) is 0 Å². The minimum absolute atomic E-state index is 0.174. The van der Waals surface area contributed by atoms with E-state index in [2.05, 4.69) is 31.5 Å². The fraction of sp³-hybridized carbons (Fsp3) is 0.348. The Hall–Kier alpha value is -2.31. The molecule has 6 heteroatoms. The molecule has 1 unspecified atom stereocenters. The van der Waals surface area contributed by atoms with Gasteiger partial charge in [0.25, 0.3) is 5.91 Å². The van der Waals surface area contributed by atoms with E-state index in [1.807, 2.05) is 23.9 Å². The Morgan fingerprint density at radius 1 is 1.24 bits per heavy atom. The van der Waals surface area contributed by atoms with Crippen molar-refractivity contribution in [3.05, 3.63) is 65.0 Å². The molecule has 2 aliphatic rings. The average molecular weight is 414 g/mol. The van der Waals surface area contributed by atoms with Gasteiger partial charge in [0.2, 0.25) is 0 Å². The van der Waals surface area contributed by atoms with Crippen LogP contribution in [-0.4, -0.2) is 48.6 Å². The van der Waals surface area contributed by atoms with Crippen molar-refractivity contribution in [3.63, 3.8) is 0 Å². The molecule has 0 spiro atoms. The van der Waals surface area contributed by atoms with Gasteiger partial charge in [-0.1, -0.05) is 12.1 Å². The van der Waals surface area contributed by atoms with Crippen LogP contribution in [0, 0.1) is 5.82 Å². The number of hydrogen-bond donors (Lipinski definition) is 1. The summed E-state index contributed by atoms with van der Waals surface area (Å²) in [5.74, 6) is 2.50. The van der Waals surface area contributed by atoms with Gasteiger partial charge in [-0.3, -0.25) is 4.79 Å². The van der Waals surface area contributed by atoms with Crippen LogP contribution in [-0.2, 0) is 11.3 Å². The van der Waals surface area contributed by atoms with Crippen molar-refractivity contribution in [1.82, 2.24) is 0 Å². The second-order valence-corrected chi connectivity index (χ2v) is 9.40. The Morgan fingerprint density at radius 3 is 2.76 bits per heavy atom. The number of quaternary nitrogens is 1. The number of anilines is 1. The molecule has 1 fully saturated rings. The van der Waals surface area contributed by atoms with Crippen molar-refractivity contribution in [2.24, 2.45) is 0 Å². The molecule has 1 amide bonds. The van der Waals surface area contributed by atoms with Gasteiger partial charge in [-0.25, -0.2) is 4.39 Å². The SMILES string of the molecule is C[N+](C)(Cc1ccc(NC(=O)C2=Cc3cc(F)ccc3OC2)cc1)C1CCSC1. The van der Waals surface area contributed by atoms with Gasteiger partial charge < -0.3 is 14.5 Å². The number of thioether (sulfide) groups is 1. The van der Waals surface area contributed by atoms with Crippen LogP contribution in [0.2, 0.25) is 0 Å². The smallest absolute Gasteiger partial charge is 0.255 e. The Morgan fingerprint density at radius 2 is 2.03 bits per heavy atom. The molecule has 0 saturated carbocycles. The quantitative estimate of drug-likeness (QED) is 0.742. The van der Waals surface area contributed by atoms with Crippen LogP contribution < -0.4 is 10.1 Å². The molecule has 0 radical (unpaired) electrons. The maximum absolute atomic E-state index is 13.4. The highest BCUT2D eigenvalue weighted by Crippen LogP contribution is 2.29. The van der Waals surface area contributed by atoms with Gasteiger partial charge >= 0.3 is 0 Å². The number of amides is 1. The van der Waals surface area contributed by atoms with Crippen LogP contribution in [0.3, 0.4) is 0 Å². The molecular formula is C23H26FN2O2S+. The molecule has 152 valence electrons. The second kappa shape index (κ2) is 8.20. The first-order valence-electron chi connectivity index (χ1n) is 9.84. The van der Waals surface area contributed by atoms with E-state index >= 15 is 0 Å². The number of nitrogens with zero attached hydrogens (tertiary/aromatic N) is 1. The van der Waals surface area contributed by atoms with Gasteiger partial charge in [-0.05, 0) is 42.2 Å². The topological polar surface area (TPSA) is 38.3 Å². The van der Waals surface area contributed by atoms with Crippen LogP contribution in [0.5, 0.6) is 5.75 Å². The number of fused-ring (bicyclic) bond motifs is 1. The highest BCUT2D eigenvalue weighted by atomic mass is 32.2. The summed E-state index contributed by atoms with van der Waals surface area (Å²) in [7, 11) is 4.59. The minimum atomic E-state index is -0.349. The van der Waals surface area contributed by atoms with Gasteiger partial charge in [0, 0.05) is 29.0 Å². The van der Waals surface area contributed by atoms with E-state index in [0.717, 1.165) is 16.7 Å². The number of rotatable bonds is 5. The molecule has 2 heterocycles. The predicted octanol–water partition coefficient (Wildman–Crippen LogP) is 4.32. The highest BCUT2D eigenvalue weighted by molar-refractivity contribution is 7.99. The van der Waals surface area contributed by atoms with E-state index in [9.17, 15) is 9.18 Å². The summed E-state index contributed by atoms with van der Waals surface area (Å²) in [6.45, 7) is 1.15. The third-order valence-corrected chi connectivity index (χ3v) is 6.82. The van der Waals surface area contributed by atoms with Crippen LogP contribution in [0.4, 0.5) is 10.1 Å². The first-order chi connectivity index (χ1) is 13.9. The Bertz CT molecular complexity index is 934. The van der Waals surface area contributed by atoms with E-state index in [4.69, 9.17) is 4.74 Å². The van der Waals surface area contributed by atoms with Crippen LogP contribution in [0.15, 0.2) is 48.0 Å². The summed E-state index contributed by atoms with van der Waals surface area (Å²) < 4.78 is 20.0. The monoisotopic (exact) mass is 413 g/mol. The zero-order chi connectivity index (χ0) is 20.4. The van der Waals surface area contributed by atoms with Crippen molar-refractivity contribution in [2.75, 3.05) is 37.5 Å². The maximum Gasteiger partial charge on any atom is 0.255 e. The number of carbonyl (C=O) groups is 1. The Balaban J connectivity index is 1.40. The standard InChI is InChI=1S/C23H25FN2O2S/c1-26(2,21-9-10-29-15-21)13-16-3-6-20(7-4-16)25-23(27)18-11-17-12-19(24)5-8-22(17)28-14-18/h3-8,11-12,21H,9-10,13-15H2,1-2H3/p+1. The lowest BCUT2D eigenvalue weighted by atomic mass is 10.1. The van der Waals surface area contributed by atoms with Crippen LogP contribution in [0.1, 0.15) is 17.5 Å². The highest BCUT2D eigenvalue weighted by Gasteiger charge is 2.31. The first-order valence-corrected chi connectivity index (χ1v) is 11.0. The van der Waals surface area contributed by atoms with Crippen molar-refractivity contribution >= 4 is 29.4 Å². The summed E-state index contributed by atoms with van der Waals surface area (Å²) >= 11 is 2.04. The summed E-state index contributed by atoms with van der Waals surface area (Å²) in [4.78, 5) is 12.6. The number of hydrogen-bond acceptors (Lipinski definition) is 3. The molecule has 0 aromatic heterocycles. The third kappa shape index (κ3) is 4.65. The molecule has 0 aliphatic carbocycles. The van der Waals surface area contributed by atoms with Crippen molar-refractivity contribution < 1.29 is 18.4 Å². The molecule has 2 aromatic carbocycles. The zero-order valence-corrected chi connectivity index (χ0v) is 17.6. The van der Waals surface area contributed by atoms with Crippen molar-refractivity contribution in [3.8, 4) is 5.75 Å². The molecule has 1 saturated heterocycles. The molecular weight excluding hydrogens is 387 g/mol. The lowest BCUT2D eigenvalue weighted by Crippen LogP contribution is -2.48. The van der Waals surface area contributed by atoms with Crippen LogP contribution >= 0.6 is 11.8 Å². The lowest BCUT2D eigenvalue weighted by Gasteiger charge is -2.35. The van der Waals surface area contributed by atoms with Gasteiger partial charge in [-0.2, -0.15) is 11.8 Å². The minimum Gasteiger partial charge on any atom is -0.488 e. The first kappa shape index (κ1) is 20.0. The molecule has 4 nitrogen and oxygen atoms in total. The number of benzene rings is 2. The molecule has 2 aliphatic heterocycles. The Labute approximate surface area is 175 Å². The molecule has 0 bridgehead atoms. The fourth-order valence-electron chi connectivity index (χ4n) is 3.86. The molecule has 2 aromatic rings. The number of halogens is 1. The molecule has 1 atom stereocenters. The van der Waals surface area contributed by atoms with E-state index in [1.165, 1.54) is 35.6 Å². The van der Waals surface area contributed by atoms with Crippen LogP contribution in [0.25, 0.3) is 6.08 Å². The molecule has 29 heavy (non-hydrogen) atoms.